The smallest absolute Gasteiger partial charge is 0.115 e. The maximum atomic E-state index is 9.47. The molecule has 2 aromatic carbocycles. The summed E-state index contributed by atoms with van der Waals surface area (Å²) in [6.07, 6.45) is 0. The fourth-order valence-corrected chi connectivity index (χ4v) is 3.02. The first kappa shape index (κ1) is 13.9. The van der Waals surface area contributed by atoms with Crippen LogP contribution in [-0.2, 0) is 6.54 Å². The molecule has 3 aromatic rings. The normalized spacial score (nSPS) is 12.2. The molecular weight excluding hydrogens is 278 g/mol. The van der Waals surface area contributed by atoms with Crippen LogP contribution in [0.25, 0.3) is 0 Å². The van der Waals surface area contributed by atoms with Gasteiger partial charge in [-0.3, -0.25) is 0 Å². The molecule has 0 saturated carbocycles. The molecule has 0 bridgehead atoms. The number of aromatic hydroxyl groups is 1. The highest BCUT2D eigenvalue weighted by Crippen LogP contribution is 2.24. The molecule has 0 spiro atoms. The zero-order chi connectivity index (χ0) is 14.5. The van der Waals surface area contributed by atoms with Gasteiger partial charge >= 0.3 is 0 Å². The molecule has 0 aliphatic heterocycles. The third-order valence-corrected chi connectivity index (χ3v) is 4.18. The molecule has 3 heteroatoms. The summed E-state index contributed by atoms with van der Waals surface area (Å²) in [5, 5.41) is 17.3. The van der Waals surface area contributed by atoms with E-state index >= 15 is 0 Å². The van der Waals surface area contributed by atoms with E-state index in [1.165, 1.54) is 11.1 Å². The summed E-state index contributed by atoms with van der Waals surface area (Å²) in [6.45, 7) is 0.823. The summed E-state index contributed by atoms with van der Waals surface area (Å²) in [7, 11) is 0. The molecule has 0 aliphatic rings. The lowest BCUT2D eigenvalue weighted by Crippen LogP contribution is -2.21. The zero-order valence-corrected chi connectivity index (χ0v) is 12.4. The van der Waals surface area contributed by atoms with Crippen LogP contribution in [0.2, 0.25) is 0 Å². The van der Waals surface area contributed by atoms with E-state index in [0.29, 0.717) is 5.75 Å². The molecule has 2 nitrogen and oxygen atoms in total. The lowest BCUT2D eigenvalue weighted by Gasteiger charge is -2.19. The third-order valence-electron chi connectivity index (χ3n) is 3.45. The minimum absolute atomic E-state index is 0.117. The van der Waals surface area contributed by atoms with E-state index < -0.39 is 0 Å². The Morgan fingerprint density at radius 3 is 2.29 bits per heavy atom. The highest BCUT2D eigenvalue weighted by Gasteiger charge is 2.13. The molecule has 2 N–H and O–H groups in total. The highest BCUT2D eigenvalue weighted by atomic mass is 32.1. The molecule has 0 fully saturated rings. The molecule has 106 valence electrons. The zero-order valence-electron chi connectivity index (χ0n) is 11.6. The van der Waals surface area contributed by atoms with Crippen LogP contribution in [0, 0.1) is 0 Å². The van der Waals surface area contributed by atoms with Gasteiger partial charge in [-0.2, -0.15) is 11.3 Å². The van der Waals surface area contributed by atoms with Gasteiger partial charge in [0.2, 0.25) is 0 Å². The van der Waals surface area contributed by atoms with Crippen molar-refractivity contribution in [1.82, 2.24) is 5.32 Å². The van der Waals surface area contributed by atoms with Crippen LogP contribution in [0.15, 0.2) is 71.4 Å². The van der Waals surface area contributed by atoms with Crippen LogP contribution < -0.4 is 5.32 Å². The lowest BCUT2D eigenvalue weighted by molar-refractivity contribution is 0.474. The van der Waals surface area contributed by atoms with Gasteiger partial charge in [-0.05, 0) is 45.6 Å². The largest absolute Gasteiger partial charge is 0.508 e. The minimum Gasteiger partial charge on any atom is -0.508 e. The van der Waals surface area contributed by atoms with Gasteiger partial charge < -0.3 is 10.4 Å². The van der Waals surface area contributed by atoms with E-state index in [0.717, 1.165) is 12.1 Å². The first-order chi connectivity index (χ1) is 10.3. The van der Waals surface area contributed by atoms with E-state index in [-0.39, 0.29) is 6.04 Å². The predicted molar refractivity (Wildman–Crippen MR) is 87.6 cm³/mol. The molecule has 0 aliphatic carbocycles. The van der Waals surface area contributed by atoms with Crippen LogP contribution in [-0.4, -0.2) is 5.11 Å². The van der Waals surface area contributed by atoms with Gasteiger partial charge in [0.25, 0.3) is 0 Å². The molecule has 3 rings (SSSR count). The Labute approximate surface area is 128 Å². The second-order valence-electron chi connectivity index (χ2n) is 4.95. The molecular formula is C18H17NOS. The number of phenols is 1. The molecule has 0 unspecified atom stereocenters. The summed E-state index contributed by atoms with van der Waals surface area (Å²) < 4.78 is 0. The van der Waals surface area contributed by atoms with Crippen molar-refractivity contribution in [3.63, 3.8) is 0 Å². The standard InChI is InChI=1S/C18H17NOS/c20-17-8-6-16(7-9-17)18(15-4-2-1-3-5-15)19-12-14-10-11-21-13-14/h1-11,13,18-20H,12H2/t18-/m0/s1. The Bertz CT molecular complexity index is 662. The third kappa shape index (κ3) is 3.51. The number of rotatable bonds is 5. The van der Waals surface area contributed by atoms with E-state index in [1.807, 2.05) is 18.2 Å². The van der Waals surface area contributed by atoms with Gasteiger partial charge in [0.15, 0.2) is 0 Å². The Kier molecular flexibility index (Phi) is 4.34. The Morgan fingerprint density at radius 1 is 0.905 bits per heavy atom. The van der Waals surface area contributed by atoms with Gasteiger partial charge in [0, 0.05) is 6.54 Å². The Balaban J connectivity index is 1.85. The van der Waals surface area contributed by atoms with E-state index in [4.69, 9.17) is 0 Å². The minimum atomic E-state index is 0.117. The van der Waals surface area contributed by atoms with Gasteiger partial charge in [-0.1, -0.05) is 42.5 Å². The number of hydrogen-bond donors (Lipinski definition) is 2. The molecule has 21 heavy (non-hydrogen) atoms. The second kappa shape index (κ2) is 6.57. The van der Waals surface area contributed by atoms with Crippen LogP contribution in [0.1, 0.15) is 22.7 Å². The molecule has 1 heterocycles. The molecule has 0 saturated heterocycles. The monoisotopic (exact) mass is 295 g/mol. The van der Waals surface area contributed by atoms with Crippen molar-refractivity contribution >= 4 is 11.3 Å². The van der Waals surface area contributed by atoms with Gasteiger partial charge in [-0.25, -0.2) is 0 Å². The van der Waals surface area contributed by atoms with Crippen molar-refractivity contribution in [1.29, 1.82) is 0 Å². The van der Waals surface area contributed by atoms with Gasteiger partial charge in [-0.15, -0.1) is 0 Å². The number of hydrogen-bond acceptors (Lipinski definition) is 3. The van der Waals surface area contributed by atoms with Crippen LogP contribution in [0.5, 0.6) is 5.75 Å². The number of nitrogens with one attached hydrogen (secondary N) is 1. The van der Waals surface area contributed by atoms with Crippen LogP contribution in [0.4, 0.5) is 0 Å². The van der Waals surface area contributed by atoms with Crippen molar-refractivity contribution < 1.29 is 5.11 Å². The summed E-state index contributed by atoms with van der Waals surface area (Å²) in [5.41, 5.74) is 3.66. The number of thiophene rings is 1. The molecule has 1 aromatic heterocycles. The van der Waals surface area contributed by atoms with Crippen LogP contribution in [0.3, 0.4) is 0 Å². The van der Waals surface area contributed by atoms with Crippen LogP contribution >= 0.6 is 11.3 Å². The Hall–Kier alpha value is -2.10. The summed E-state index contributed by atoms with van der Waals surface area (Å²) in [4.78, 5) is 0. The fraction of sp³-hybridized carbons (Fsp3) is 0.111. The van der Waals surface area contributed by atoms with E-state index in [1.54, 1.807) is 23.5 Å². The molecule has 0 amide bonds. The maximum Gasteiger partial charge on any atom is 0.115 e. The first-order valence-electron chi connectivity index (χ1n) is 6.91. The highest BCUT2D eigenvalue weighted by molar-refractivity contribution is 7.07. The van der Waals surface area contributed by atoms with Crippen molar-refractivity contribution in [2.75, 3.05) is 0 Å². The van der Waals surface area contributed by atoms with Gasteiger partial charge in [0.1, 0.15) is 5.75 Å². The molecule has 1 atom stereocenters. The summed E-state index contributed by atoms with van der Waals surface area (Å²) in [6, 6.07) is 20.0. The van der Waals surface area contributed by atoms with Crippen molar-refractivity contribution in [3.05, 3.63) is 88.1 Å². The van der Waals surface area contributed by atoms with E-state index in [2.05, 4.69) is 46.4 Å². The summed E-state index contributed by atoms with van der Waals surface area (Å²) in [5.74, 6) is 0.295. The quantitative estimate of drug-likeness (QED) is 0.734. The van der Waals surface area contributed by atoms with Crippen molar-refractivity contribution in [2.45, 2.75) is 12.6 Å². The average molecular weight is 295 g/mol. The Morgan fingerprint density at radius 2 is 1.62 bits per heavy atom. The SMILES string of the molecule is Oc1ccc([C@@H](NCc2ccsc2)c2ccccc2)cc1. The van der Waals surface area contributed by atoms with Crippen molar-refractivity contribution in [3.8, 4) is 5.75 Å². The average Bonchev–Trinajstić information content (AvgIpc) is 3.04. The fourth-order valence-electron chi connectivity index (χ4n) is 2.35. The topological polar surface area (TPSA) is 32.3 Å². The van der Waals surface area contributed by atoms with E-state index in [9.17, 15) is 5.11 Å². The maximum absolute atomic E-state index is 9.47. The molecule has 0 radical (unpaired) electrons. The first-order valence-corrected chi connectivity index (χ1v) is 7.85. The summed E-state index contributed by atoms with van der Waals surface area (Å²) >= 11 is 1.71. The van der Waals surface area contributed by atoms with Gasteiger partial charge in [0.05, 0.1) is 6.04 Å². The number of benzene rings is 2. The second-order valence-corrected chi connectivity index (χ2v) is 5.73. The number of phenolic OH excluding ortho intramolecular Hbond substituents is 1. The lowest BCUT2D eigenvalue weighted by atomic mass is 9.98. The predicted octanol–water partition coefficient (Wildman–Crippen LogP) is 4.33. The van der Waals surface area contributed by atoms with Crippen molar-refractivity contribution in [2.24, 2.45) is 0 Å².